The lowest BCUT2D eigenvalue weighted by Crippen LogP contribution is -2.00. The first-order valence-corrected chi connectivity index (χ1v) is 13.6. The average molecular weight is 502 g/mol. The summed E-state index contributed by atoms with van der Waals surface area (Å²) in [5.74, 6) is 0.589. The van der Waals surface area contributed by atoms with Gasteiger partial charge in [-0.15, -0.1) is 0 Å². The molecule has 3 aromatic heterocycles. The smallest absolute Gasteiger partial charge is 0.0963 e. The quantitative estimate of drug-likeness (QED) is 0.236. The molecular formula is C36H27N3. The van der Waals surface area contributed by atoms with E-state index in [0.717, 1.165) is 23.1 Å². The zero-order chi connectivity index (χ0) is 25.9. The molecule has 1 aliphatic rings. The molecule has 0 saturated carbocycles. The molecule has 1 atom stereocenters. The van der Waals surface area contributed by atoms with Crippen molar-refractivity contribution in [3.63, 3.8) is 0 Å². The Morgan fingerprint density at radius 2 is 1.33 bits per heavy atom. The Morgan fingerprint density at radius 1 is 0.641 bits per heavy atom. The van der Waals surface area contributed by atoms with E-state index < -0.39 is 0 Å². The first-order valence-electron chi connectivity index (χ1n) is 13.6. The Bertz CT molecular complexity index is 2100. The average Bonchev–Trinajstić information content (AvgIpc) is 3.50. The molecule has 39 heavy (non-hydrogen) atoms. The van der Waals surface area contributed by atoms with Crippen LogP contribution >= 0.6 is 0 Å². The van der Waals surface area contributed by atoms with Crippen LogP contribution in [0.5, 0.6) is 0 Å². The summed E-state index contributed by atoms with van der Waals surface area (Å²) in [6, 6.07) is 37.2. The molecule has 0 N–H and O–H groups in total. The highest BCUT2D eigenvalue weighted by atomic mass is 15.0. The van der Waals surface area contributed by atoms with Gasteiger partial charge in [-0.25, -0.2) is 0 Å². The zero-order valence-electron chi connectivity index (χ0n) is 21.8. The van der Waals surface area contributed by atoms with Crippen molar-refractivity contribution in [2.24, 2.45) is 5.92 Å². The number of benzene rings is 4. The van der Waals surface area contributed by atoms with Crippen molar-refractivity contribution >= 4 is 49.4 Å². The van der Waals surface area contributed by atoms with Gasteiger partial charge in [0.1, 0.15) is 0 Å². The van der Waals surface area contributed by atoms with Crippen LogP contribution in [0.4, 0.5) is 0 Å². The maximum atomic E-state index is 4.80. The predicted molar refractivity (Wildman–Crippen MR) is 164 cm³/mol. The molecule has 3 nitrogen and oxygen atoms in total. The molecule has 3 heteroatoms. The van der Waals surface area contributed by atoms with E-state index in [2.05, 4.69) is 131 Å². The maximum absolute atomic E-state index is 4.80. The minimum atomic E-state index is 0.589. The highest BCUT2D eigenvalue weighted by Gasteiger charge is 2.17. The second kappa shape index (κ2) is 8.57. The minimum absolute atomic E-state index is 0.589. The number of aromatic nitrogens is 3. The normalized spacial score (nSPS) is 15.5. The fourth-order valence-corrected chi connectivity index (χ4v) is 6.18. The zero-order valence-corrected chi connectivity index (χ0v) is 21.8. The molecule has 4 aromatic carbocycles. The molecule has 0 aliphatic heterocycles. The van der Waals surface area contributed by atoms with E-state index in [0.29, 0.717) is 5.92 Å². The lowest BCUT2D eigenvalue weighted by atomic mass is 10.0. The van der Waals surface area contributed by atoms with Gasteiger partial charge in [-0.1, -0.05) is 67.6 Å². The van der Waals surface area contributed by atoms with E-state index in [1.165, 1.54) is 49.5 Å². The van der Waals surface area contributed by atoms with E-state index in [1.54, 1.807) is 0 Å². The van der Waals surface area contributed by atoms with E-state index in [4.69, 9.17) is 4.98 Å². The molecule has 0 amide bonds. The summed E-state index contributed by atoms with van der Waals surface area (Å²) in [5, 5.41) is 3.73. The summed E-state index contributed by atoms with van der Waals surface area (Å²) in [4.78, 5) is 4.80. The van der Waals surface area contributed by atoms with Gasteiger partial charge in [0.15, 0.2) is 0 Å². The number of rotatable bonds is 3. The predicted octanol–water partition coefficient (Wildman–Crippen LogP) is 9.39. The monoisotopic (exact) mass is 501 g/mol. The van der Waals surface area contributed by atoms with Crippen LogP contribution < -0.4 is 0 Å². The minimum Gasteiger partial charge on any atom is -0.310 e. The molecule has 3 heterocycles. The van der Waals surface area contributed by atoms with Gasteiger partial charge in [0, 0.05) is 33.7 Å². The summed E-state index contributed by atoms with van der Waals surface area (Å²) in [6.45, 7) is 2.27. The molecule has 7 aromatic rings. The van der Waals surface area contributed by atoms with Crippen LogP contribution in [0.1, 0.15) is 13.3 Å². The SMILES string of the molecule is CC1C=CC(n2c3ccccc3c3cc(-c4ccc5c(c4)c4ncccc4n5-c4ccccc4)ccc32)=CC1. The Morgan fingerprint density at radius 3 is 2.13 bits per heavy atom. The summed E-state index contributed by atoms with van der Waals surface area (Å²) in [7, 11) is 0. The van der Waals surface area contributed by atoms with Crippen molar-refractivity contribution in [1.82, 2.24) is 14.1 Å². The van der Waals surface area contributed by atoms with Crippen LogP contribution in [0.3, 0.4) is 0 Å². The standard InChI is InChI=1S/C36H27N3/c1-24-13-17-28(18-14-24)38-32-11-6-5-10-29(32)30-22-25(15-19-33(30)38)26-16-20-34-31(23-26)36-35(12-7-21-37-36)39(34)27-8-3-2-4-9-27/h2-13,15-24H,14H2,1H3. The largest absolute Gasteiger partial charge is 0.310 e. The number of nitrogens with zero attached hydrogens (tertiary/aromatic N) is 3. The summed E-state index contributed by atoms with van der Waals surface area (Å²) < 4.78 is 4.72. The maximum Gasteiger partial charge on any atom is 0.0963 e. The number of pyridine rings is 1. The number of para-hydroxylation sites is 2. The highest BCUT2D eigenvalue weighted by molar-refractivity contribution is 6.12. The lowest BCUT2D eigenvalue weighted by Gasteiger charge is -2.15. The van der Waals surface area contributed by atoms with E-state index >= 15 is 0 Å². The third kappa shape index (κ3) is 3.40. The van der Waals surface area contributed by atoms with Crippen LogP contribution in [0.25, 0.3) is 66.3 Å². The molecule has 0 saturated heterocycles. The fraction of sp³-hybridized carbons (Fsp3) is 0.0833. The molecule has 1 unspecified atom stereocenters. The van der Waals surface area contributed by atoms with E-state index in [1.807, 2.05) is 12.3 Å². The van der Waals surface area contributed by atoms with E-state index in [9.17, 15) is 0 Å². The Balaban J connectivity index is 1.34. The molecular weight excluding hydrogens is 474 g/mol. The van der Waals surface area contributed by atoms with Gasteiger partial charge < -0.3 is 9.13 Å². The van der Waals surface area contributed by atoms with Crippen LogP contribution in [0.15, 0.2) is 128 Å². The van der Waals surface area contributed by atoms with Gasteiger partial charge in [-0.3, -0.25) is 4.98 Å². The topological polar surface area (TPSA) is 22.8 Å². The van der Waals surface area contributed by atoms with Gasteiger partial charge in [0.2, 0.25) is 0 Å². The van der Waals surface area contributed by atoms with Crippen LogP contribution in [-0.2, 0) is 0 Å². The molecule has 8 rings (SSSR count). The van der Waals surface area contributed by atoms with Crippen molar-refractivity contribution in [3.8, 4) is 16.8 Å². The fourth-order valence-electron chi connectivity index (χ4n) is 6.18. The number of allylic oxidation sites excluding steroid dienone is 4. The molecule has 0 bridgehead atoms. The number of hydrogen-bond acceptors (Lipinski definition) is 1. The Kier molecular flexibility index (Phi) is 4.86. The lowest BCUT2D eigenvalue weighted by molar-refractivity contribution is 0.735. The Labute approximate surface area is 226 Å². The molecule has 186 valence electrons. The highest BCUT2D eigenvalue weighted by Crippen LogP contribution is 2.38. The van der Waals surface area contributed by atoms with Crippen molar-refractivity contribution in [2.45, 2.75) is 13.3 Å². The third-order valence-electron chi connectivity index (χ3n) is 8.09. The van der Waals surface area contributed by atoms with Gasteiger partial charge in [-0.05, 0) is 84.1 Å². The van der Waals surface area contributed by atoms with Gasteiger partial charge in [0.05, 0.1) is 27.6 Å². The molecule has 1 aliphatic carbocycles. The van der Waals surface area contributed by atoms with Crippen LogP contribution in [0.2, 0.25) is 0 Å². The van der Waals surface area contributed by atoms with Crippen LogP contribution in [0, 0.1) is 5.92 Å². The van der Waals surface area contributed by atoms with Gasteiger partial charge in [-0.2, -0.15) is 0 Å². The van der Waals surface area contributed by atoms with Crippen molar-refractivity contribution in [2.75, 3.05) is 0 Å². The van der Waals surface area contributed by atoms with E-state index in [-0.39, 0.29) is 0 Å². The van der Waals surface area contributed by atoms with Crippen molar-refractivity contribution in [3.05, 3.63) is 128 Å². The summed E-state index contributed by atoms with van der Waals surface area (Å²) in [5.41, 5.74) is 10.6. The molecule has 0 radical (unpaired) electrons. The second-order valence-electron chi connectivity index (χ2n) is 10.6. The van der Waals surface area contributed by atoms with Gasteiger partial charge in [0.25, 0.3) is 0 Å². The number of hydrogen-bond donors (Lipinski definition) is 0. The van der Waals surface area contributed by atoms with Crippen LogP contribution in [-0.4, -0.2) is 14.1 Å². The third-order valence-corrected chi connectivity index (χ3v) is 8.09. The molecule has 0 fully saturated rings. The van der Waals surface area contributed by atoms with Crippen molar-refractivity contribution < 1.29 is 0 Å². The van der Waals surface area contributed by atoms with Crippen molar-refractivity contribution in [1.29, 1.82) is 0 Å². The first-order chi connectivity index (χ1) is 19.3. The number of fused-ring (bicyclic) bond motifs is 6. The summed E-state index contributed by atoms with van der Waals surface area (Å²) in [6.07, 6.45) is 9.92. The Hall–Kier alpha value is -4.89. The summed E-state index contributed by atoms with van der Waals surface area (Å²) >= 11 is 0. The molecule has 0 spiro atoms. The second-order valence-corrected chi connectivity index (χ2v) is 10.6. The first kappa shape index (κ1) is 22.1. The van der Waals surface area contributed by atoms with Gasteiger partial charge >= 0.3 is 0 Å².